The van der Waals surface area contributed by atoms with E-state index in [-0.39, 0.29) is 5.41 Å². The van der Waals surface area contributed by atoms with Crippen LogP contribution in [0.2, 0.25) is 0 Å². The molecule has 0 atom stereocenters. The number of nitrogens with zero attached hydrogens (tertiary/aromatic N) is 4. The highest BCUT2D eigenvalue weighted by molar-refractivity contribution is 6.10. The molecule has 1 saturated carbocycles. The summed E-state index contributed by atoms with van der Waals surface area (Å²) in [4.78, 5) is 14.9. The van der Waals surface area contributed by atoms with Crippen LogP contribution in [0.5, 0.6) is 0 Å². The van der Waals surface area contributed by atoms with Crippen LogP contribution < -0.4 is 0 Å². The number of furan rings is 1. The molecule has 0 bridgehead atoms. The van der Waals surface area contributed by atoms with Crippen LogP contribution in [0.1, 0.15) is 48.8 Å². The van der Waals surface area contributed by atoms with Crippen LogP contribution >= 0.6 is 0 Å². The highest BCUT2D eigenvalue weighted by Gasteiger charge is 2.45. The van der Waals surface area contributed by atoms with Crippen LogP contribution in [0.4, 0.5) is 0 Å². The van der Waals surface area contributed by atoms with E-state index >= 15 is 0 Å². The van der Waals surface area contributed by atoms with Crippen LogP contribution in [0, 0.1) is 11.3 Å². The maximum absolute atomic E-state index is 10.1. The summed E-state index contributed by atoms with van der Waals surface area (Å²) in [6.07, 6.45) is 5.77. The van der Waals surface area contributed by atoms with Crippen LogP contribution in [-0.2, 0) is 5.41 Å². The van der Waals surface area contributed by atoms with E-state index in [4.69, 9.17) is 19.4 Å². The van der Waals surface area contributed by atoms with E-state index in [1.54, 1.807) is 0 Å². The molecule has 0 saturated heterocycles. The fourth-order valence-corrected chi connectivity index (χ4v) is 8.63. The van der Waals surface area contributed by atoms with Gasteiger partial charge in [0.05, 0.1) is 17.2 Å². The SMILES string of the molecule is N#Cc1cccc2c1C1(CCCCC1)c1cc(-c3ccc4oc5c(-c6nc(-c7ccccc7)nc(-c7ccccc7)n6)cccc5c4c3)ccc1-2. The van der Waals surface area contributed by atoms with Gasteiger partial charge in [0.1, 0.15) is 11.2 Å². The second-order valence-corrected chi connectivity index (χ2v) is 13.8. The molecule has 1 fully saturated rings. The first-order valence-corrected chi connectivity index (χ1v) is 17.7. The van der Waals surface area contributed by atoms with Crippen molar-refractivity contribution >= 4 is 21.9 Å². The normalized spacial score (nSPS) is 14.4. The fraction of sp³-hybridized carbons (Fsp3) is 0.130. The van der Waals surface area contributed by atoms with E-state index in [2.05, 4.69) is 60.7 Å². The molecule has 10 rings (SSSR count). The first-order valence-electron chi connectivity index (χ1n) is 17.7. The van der Waals surface area contributed by atoms with Gasteiger partial charge in [0, 0.05) is 27.3 Å². The lowest BCUT2D eigenvalue weighted by Gasteiger charge is -2.36. The minimum atomic E-state index is -0.103. The number of rotatable bonds is 4. The molecule has 5 nitrogen and oxygen atoms in total. The Morgan fingerprint density at radius 3 is 1.90 bits per heavy atom. The Kier molecular flexibility index (Phi) is 6.72. The molecular weight excluding hydrogens is 625 g/mol. The highest BCUT2D eigenvalue weighted by Crippen LogP contribution is 2.57. The van der Waals surface area contributed by atoms with Crippen LogP contribution in [0.15, 0.2) is 138 Å². The molecule has 0 radical (unpaired) electrons. The van der Waals surface area contributed by atoms with Gasteiger partial charge in [0.25, 0.3) is 0 Å². The van der Waals surface area contributed by atoms with Gasteiger partial charge in [0.15, 0.2) is 17.5 Å². The second-order valence-electron chi connectivity index (χ2n) is 13.8. The molecular formula is C46H32N4O. The monoisotopic (exact) mass is 656 g/mol. The maximum Gasteiger partial charge on any atom is 0.167 e. The van der Waals surface area contributed by atoms with Crippen LogP contribution in [0.3, 0.4) is 0 Å². The number of nitriles is 1. The Hall–Kier alpha value is -6.38. The van der Waals surface area contributed by atoms with Gasteiger partial charge in [-0.05, 0) is 76.6 Å². The zero-order valence-electron chi connectivity index (χ0n) is 27.9. The number of para-hydroxylation sites is 1. The van der Waals surface area contributed by atoms with Crippen LogP contribution in [0.25, 0.3) is 78.4 Å². The van der Waals surface area contributed by atoms with E-state index < -0.39 is 0 Å². The zero-order valence-corrected chi connectivity index (χ0v) is 27.9. The Morgan fingerprint density at radius 1 is 0.529 bits per heavy atom. The maximum atomic E-state index is 10.1. The summed E-state index contributed by atoms with van der Waals surface area (Å²) in [6.45, 7) is 0. The Morgan fingerprint density at radius 2 is 1.18 bits per heavy atom. The average Bonchev–Trinajstić information content (AvgIpc) is 3.71. The van der Waals surface area contributed by atoms with Gasteiger partial charge in [-0.2, -0.15) is 5.26 Å². The molecule has 5 heteroatoms. The van der Waals surface area contributed by atoms with E-state index in [9.17, 15) is 5.26 Å². The molecule has 0 unspecified atom stereocenters. The molecule has 8 aromatic rings. The molecule has 242 valence electrons. The Bertz CT molecular complexity index is 2620. The van der Waals surface area contributed by atoms with Crippen molar-refractivity contribution in [1.29, 1.82) is 5.26 Å². The fourth-order valence-electron chi connectivity index (χ4n) is 8.63. The van der Waals surface area contributed by atoms with Gasteiger partial charge < -0.3 is 4.42 Å². The first kappa shape index (κ1) is 29.5. The number of benzene rings is 6. The zero-order chi connectivity index (χ0) is 33.9. The van der Waals surface area contributed by atoms with Gasteiger partial charge >= 0.3 is 0 Å². The third kappa shape index (κ3) is 4.64. The van der Waals surface area contributed by atoms with Crippen molar-refractivity contribution in [2.24, 2.45) is 0 Å². The second kappa shape index (κ2) is 11.6. The van der Waals surface area contributed by atoms with Gasteiger partial charge in [-0.15, -0.1) is 0 Å². The van der Waals surface area contributed by atoms with Crippen molar-refractivity contribution in [1.82, 2.24) is 15.0 Å². The minimum absolute atomic E-state index is 0.103. The topological polar surface area (TPSA) is 75.6 Å². The van der Waals surface area contributed by atoms with E-state index in [0.717, 1.165) is 62.6 Å². The van der Waals surface area contributed by atoms with Gasteiger partial charge in [-0.25, -0.2) is 15.0 Å². The summed E-state index contributed by atoms with van der Waals surface area (Å²) in [5.74, 6) is 1.80. The van der Waals surface area contributed by atoms with Crippen molar-refractivity contribution in [3.63, 3.8) is 0 Å². The van der Waals surface area contributed by atoms with Gasteiger partial charge in [0.2, 0.25) is 0 Å². The molecule has 6 aromatic carbocycles. The minimum Gasteiger partial charge on any atom is -0.455 e. The Labute approximate surface area is 295 Å². The van der Waals surface area contributed by atoms with E-state index in [0.29, 0.717) is 17.5 Å². The lowest BCUT2D eigenvalue weighted by molar-refractivity contribution is 0.352. The molecule has 2 heterocycles. The van der Waals surface area contributed by atoms with Crippen molar-refractivity contribution in [2.75, 3.05) is 0 Å². The third-order valence-electron chi connectivity index (χ3n) is 11.0. The standard InChI is InChI=1S/C46H32N4O/c47-28-33-16-10-17-35-34-22-20-32(27-39(34)46(41(33)35)24-8-3-9-25-46)31-21-23-40-38(26-31)36-18-11-19-37(42(36)51-40)45-49-43(29-12-4-1-5-13-29)48-44(50-45)30-14-6-2-7-15-30/h1-2,4-7,10-23,26-27H,3,8-9,24-25H2. The molecule has 2 aliphatic rings. The van der Waals surface area contributed by atoms with Gasteiger partial charge in [-0.1, -0.05) is 122 Å². The molecule has 2 aromatic heterocycles. The summed E-state index contributed by atoms with van der Waals surface area (Å²) in [5, 5.41) is 12.2. The van der Waals surface area contributed by atoms with Crippen molar-refractivity contribution < 1.29 is 4.42 Å². The summed E-state index contributed by atoms with van der Waals surface area (Å²) in [7, 11) is 0. The lowest BCUT2D eigenvalue weighted by atomic mass is 9.66. The van der Waals surface area contributed by atoms with Gasteiger partial charge in [-0.3, -0.25) is 0 Å². The molecule has 0 N–H and O–H groups in total. The predicted molar refractivity (Wildman–Crippen MR) is 203 cm³/mol. The van der Waals surface area contributed by atoms with E-state index in [1.165, 1.54) is 47.1 Å². The molecule has 51 heavy (non-hydrogen) atoms. The molecule has 0 amide bonds. The van der Waals surface area contributed by atoms with E-state index in [1.807, 2.05) is 78.9 Å². The molecule has 0 aliphatic heterocycles. The summed E-state index contributed by atoms with van der Waals surface area (Å²) >= 11 is 0. The lowest BCUT2D eigenvalue weighted by Crippen LogP contribution is -2.29. The molecule has 1 spiro atoms. The average molecular weight is 657 g/mol. The first-order chi connectivity index (χ1) is 25.2. The predicted octanol–water partition coefficient (Wildman–Crippen LogP) is 11.5. The van der Waals surface area contributed by atoms with Crippen molar-refractivity contribution in [3.8, 4) is 62.5 Å². The largest absolute Gasteiger partial charge is 0.455 e. The van der Waals surface area contributed by atoms with Crippen LogP contribution in [-0.4, -0.2) is 15.0 Å². The summed E-state index contributed by atoms with van der Waals surface area (Å²) < 4.78 is 6.62. The number of hydrogen-bond acceptors (Lipinski definition) is 5. The summed E-state index contributed by atoms with van der Waals surface area (Å²) in [5.41, 5.74) is 12.4. The summed E-state index contributed by atoms with van der Waals surface area (Å²) in [6, 6.07) is 48.4. The number of fused-ring (bicyclic) bond motifs is 8. The highest BCUT2D eigenvalue weighted by atomic mass is 16.3. The molecule has 2 aliphatic carbocycles. The quantitative estimate of drug-likeness (QED) is 0.188. The number of hydrogen-bond donors (Lipinski definition) is 0. The van der Waals surface area contributed by atoms with Crippen molar-refractivity contribution in [3.05, 3.63) is 150 Å². The Balaban J connectivity index is 1.11. The van der Waals surface area contributed by atoms with Crippen molar-refractivity contribution in [2.45, 2.75) is 37.5 Å². The number of aromatic nitrogens is 3. The third-order valence-corrected chi connectivity index (χ3v) is 11.0. The smallest absolute Gasteiger partial charge is 0.167 e.